The van der Waals surface area contributed by atoms with E-state index in [4.69, 9.17) is 32.7 Å². The zero-order chi connectivity index (χ0) is 18.3. The second-order valence-corrected chi connectivity index (χ2v) is 6.73. The van der Waals surface area contributed by atoms with Gasteiger partial charge in [-0.3, -0.25) is 9.78 Å². The molecule has 0 radical (unpaired) electrons. The summed E-state index contributed by atoms with van der Waals surface area (Å²) in [5.41, 5.74) is 2.30. The van der Waals surface area contributed by atoms with E-state index in [1.165, 1.54) is 0 Å². The van der Waals surface area contributed by atoms with Crippen molar-refractivity contribution in [3.63, 3.8) is 0 Å². The molecule has 0 bridgehead atoms. The second kappa shape index (κ2) is 6.67. The van der Waals surface area contributed by atoms with Gasteiger partial charge in [-0.15, -0.1) is 0 Å². The highest BCUT2D eigenvalue weighted by atomic mass is 35.5. The summed E-state index contributed by atoms with van der Waals surface area (Å²) < 4.78 is 11.0. The summed E-state index contributed by atoms with van der Waals surface area (Å²) in [6.07, 6.45) is 0. The molecule has 26 heavy (non-hydrogen) atoms. The summed E-state index contributed by atoms with van der Waals surface area (Å²) in [5, 5.41) is 4.57. The van der Waals surface area contributed by atoms with Crippen molar-refractivity contribution in [3.8, 4) is 11.5 Å². The molecule has 0 spiro atoms. The molecule has 1 N–H and O–H groups in total. The summed E-state index contributed by atoms with van der Waals surface area (Å²) in [4.78, 5) is 17.2. The van der Waals surface area contributed by atoms with Crippen LogP contribution < -0.4 is 14.8 Å². The lowest BCUT2D eigenvalue weighted by Crippen LogP contribution is -2.17. The van der Waals surface area contributed by atoms with Crippen LogP contribution in [0.15, 0.2) is 36.4 Å². The molecule has 1 aliphatic heterocycles. The van der Waals surface area contributed by atoms with Crippen LogP contribution >= 0.6 is 23.2 Å². The van der Waals surface area contributed by atoms with E-state index in [0.29, 0.717) is 51.7 Å². The predicted octanol–water partition coefficient (Wildman–Crippen LogP) is 4.87. The Bertz CT molecular complexity index is 1040. The van der Waals surface area contributed by atoms with Crippen LogP contribution in [-0.2, 0) is 0 Å². The summed E-state index contributed by atoms with van der Waals surface area (Å²) >= 11 is 12.3. The molecule has 0 saturated carbocycles. The first-order valence-corrected chi connectivity index (χ1v) is 8.74. The Labute approximate surface area is 159 Å². The minimum absolute atomic E-state index is 0.310. The lowest BCUT2D eigenvalue weighted by atomic mass is 10.1. The van der Waals surface area contributed by atoms with Crippen LogP contribution in [0.2, 0.25) is 10.0 Å². The highest BCUT2D eigenvalue weighted by Gasteiger charge is 2.18. The Kier molecular flexibility index (Phi) is 4.34. The molecule has 5 nitrogen and oxygen atoms in total. The van der Waals surface area contributed by atoms with E-state index in [1.807, 2.05) is 6.07 Å². The zero-order valence-electron chi connectivity index (χ0n) is 13.8. The van der Waals surface area contributed by atoms with Crippen LogP contribution in [0.3, 0.4) is 0 Å². The first-order chi connectivity index (χ1) is 12.5. The molecule has 2 aromatic carbocycles. The van der Waals surface area contributed by atoms with Crippen molar-refractivity contribution < 1.29 is 14.3 Å². The van der Waals surface area contributed by atoms with E-state index in [2.05, 4.69) is 10.3 Å². The van der Waals surface area contributed by atoms with E-state index in [0.717, 1.165) is 10.9 Å². The molecular weight excluding hydrogens is 375 g/mol. The average Bonchev–Trinajstić information content (AvgIpc) is 2.62. The first kappa shape index (κ1) is 16.9. The molecule has 1 aliphatic rings. The van der Waals surface area contributed by atoms with Gasteiger partial charge in [-0.2, -0.15) is 0 Å². The fourth-order valence-electron chi connectivity index (χ4n) is 2.82. The van der Waals surface area contributed by atoms with E-state index in [1.54, 1.807) is 37.3 Å². The third kappa shape index (κ3) is 3.16. The third-order valence-corrected chi connectivity index (χ3v) is 4.64. The number of nitrogens with zero attached hydrogens (tertiary/aromatic N) is 1. The summed E-state index contributed by atoms with van der Waals surface area (Å²) in [6.45, 7) is 2.71. The number of anilines is 1. The summed E-state index contributed by atoms with van der Waals surface area (Å²) in [5.74, 6) is 0.809. The smallest absolute Gasteiger partial charge is 0.257 e. The first-order valence-electron chi connectivity index (χ1n) is 7.98. The topological polar surface area (TPSA) is 60.5 Å². The number of hydrogen-bond donors (Lipinski definition) is 1. The maximum absolute atomic E-state index is 12.8. The highest BCUT2D eigenvalue weighted by molar-refractivity contribution is 6.34. The number of rotatable bonds is 2. The lowest BCUT2D eigenvalue weighted by Gasteiger charge is -2.20. The number of hydrogen-bond acceptors (Lipinski definition) is 4. The number of aromatic nitrogens is 1. The number of amides is 1. The predicted molar refractivity (Wildman–Crippen MR) is 102 cm³/mol. The fourth-order valence-corrected chi connectivity index (χ4v) is 3.20. The van der Waals surface area contributed by atoms with Crippen LogP contribution in [-0.4, -0.2) is 24.1 Å². The number of nitrogens with one attached hydrogen (secondary N) is 1. The largest absolute Gasteiger partial charge is 0.486 e. The van der Waals surface area contributed by atoms with Crippen LogP contribution in [0.1, 0.15) is 16.1 Å². The number of fused-ring (bicyclic) bond motifs is 2. The molecule has 0 unspecified atom stereocenters. The standard InChI is InChI=1S/C19H14Cl2N2O3/c1-10-13(7-11-6-12(20)2-3-15(11)22-10)19(24)23-16-9-18-17(8-14(16)21)25-4-5-26-18/h2-3,6-9H,4-5H2,1H3,(H,23,24). The van der Waals surface area contributed by atoms with Crippen molar-refractivity contribution in [2.75, 3.05) is 18.5 Å². The Morgan fingerprint density at radius 3 is 2.58 bits per heavy atom. The van der Waals surface area contributed by atoms with Crippen LogP contribution in [0.5, 0.6) is 11.5 Å². The molecule has 2 heterocycles. The molecule has 1 amide bonds. The lowest BCUT2D eigenvalue weighted by molar-refractivity contribution is 0.102. The number of aryl methyl sites for hydroxylation is 1. The van der Waals surface area contributed by atoms with Gasteiger partial charge in [0.05, 0.1) is 27.5 Å². The van der Waals surface area contributed by atoms with Gasteiger partial charge in [-0.05, 0) is 31.2 Å². The van der Waals surface area contributed by atoms with E-state index >= 15 is 0 Å². The SMILES string of the molecule is Cc1nc2ccc(Cl)cc2cc1C(=O)Nc1cc2c(cc1Cl)OCCO2. The summed E-state index contributed by atoms with van der Waals surface area (Å²) in [7, 11) is 0. The van der Waals surface area contributed by atoms with Gasteiger partial charge in [0, 0.05) is 22.5 Å². The molecule has 1 aromatic heterocycles. The van der Waals surface area contributed by atoms with Gasteiger partial charge in [-0.25, -0.2) is 0 Å². The van der Waals surface area contributed by atoms with Crippen molar-refractivity contribution in [1.29, 1.82) is 0 Å². The monoisotopic (exact) mass is 388 g/mol. The van der Waals surface area contributed by atoms with Crippen LogP contribution in [0, 0.1) is 6.92 Å². The van der Waals surface area contributed by atoms with Gasteiger partial charge < -0.3 is 14.8 Å². The Morgan fingerprint density at radius 2 is 1.81 bits per heavy atom. The second-order valence-electron chi connectivity index (χ2n) is 5.89. The molecule has 4 rings (SSSR count). The van der Waals surface area contributed by atoms with Crippen molar-refractivity contribution in [2.24, 2.45) is 0 Å². The van der Waals surface area contributed by atoms with E-state index in [-0.39, 0.29) is 5.91 Å². The van der Waals surface area contributed by atoms with Gasteiger partial charge >= 0.3 is 0 Å². The molecule has 3 aromatic rings. The van der Waals surface area contributed by atoms with Gasteiger partial charge in [-0.1, -0.05) is 23.2 Å². The molecule has 132 valence electrons. The van der Waals surface area contributed by atoms with Crippen molar-refractivity contribution in [3.05, 3.63) is 57.7 Å². The molecule has 7 heteroatoms. The normalized spacial score (nSPS) is 12.9. The zero-order valence-corrected chi connectivity index (χ0v) is 15.3. The number of benzene rings is 2. The fraction of sp³-hybridized carbons (Fsp3) is 0.158. The van der Waals surface area contributed by atoms with Gasteiger partial charge in [0.25, 0.3) is 5.91 Å². The molecule has 0 saturated heterocycles. The van der Waals surface area contributed by atoms with Crippen LogP contribution in [0.4, 0.5) is 5.69 Å². The Morgan fingerprint density at radius 1 is 1.08 bits per heavy atom. The maximum Gasteiger partial charge on any atom is 0.257 e. The average molecular weight is 389 g/mol. The minimum atomic E-state index is -0.310. The van der Waals surface area contributed by atoms with Gasteiger partial charge in [0.15, 0.2) is 11.5 Å². The van der Waals surface area contributed by atoms with Crippen molar-refractivity contribution in [1.82, 2.24) is 4.98 Å². The summed E-state index contributed by atoms with van der Waals surface area (Å²) in [6, 6.07) is 10.4. The Balaban J connectivity index is 1.68. The van der Waals surface area contributed by atoms with Gasteiger partial charge in [0.2, 0.25) is 0 Å². The number of ether oxygens (including phenoxy) is 2. The number of halogens is 2. The Hall–Kier alpha value is -2.50. The molecule has 0 fully saturated rings. The molecular formula is C19H14Cl2N2O3. The highest BCUT2D eigenvalue weighted by Crippen LogP contribution is 2.38. The van der Waals surface area contributed by atoms with Crippen LogP contribution in [0.25, 0.3) is 10.9 Å². The van der Waals surface area contributed by atoms with Crippen molar-refractivity contribution in [2.45, 2.75) is 6.92 Å². The van der Waals surface area contributed by atoms with Gasteiger partial charge in [0.1, 0.15) is 13.2 Å². The van der Waals surface area contributed by atoms with Crippen molar-refractivity contribution >= 4 is 45.7 Å². The van der Waals surface area contributed by atoms with E-state index in [9.17, 15) is 4.79 Å². The molecule has 0 aliphatic carbocycles. The number of pyridine rings is 1. The molecule has 0 atom stereocenters. The minimum Gasteiger partial charge on any atom is -0.486 e. The number of carbonyl (C=O) groups excluding carboxylic acids is 1. The quantitative estimate of drug-likeness (QED) is 0.679. The number of carbonyl (C=O) groups is 1. The third-order valence-electron chi connectivity index (χ3n) is 4.09. The van der Waals surface area contributed by atoms with E-state index < -0.39 is 0 Å². The maximum atomic E-state index is 12.8.